The number of Topliss-reactive ketones (excluding diaryl/α,β-unsaturated/α-hetero) is 1. The third-order valence-electron chi connectivity index (χ3n) is 14.5. The zero-order valence-electron chi connectivity index (χ0n) is 30.5. The zero-order valence-corrected chi connectivity index (χ0v) is 30.5. The monoisotopic (exact) mass is 707 g/mol. The van der Waals surface area contributed by atoms with Crippen molar-refractivity contribution in [3.63, 3.8) is 0 Å². The molecule has 4 aromatic rings. The first kappa shape index (κ1) is 33.7. The Bertz CT molecular complexity index is 2060. The van der Waals surface area contributed by atoms with Crippen LogP contribution in [-0.2, 0) is 16.6 Å². The number of aromatic amines is 1. The van der Waals surface area contributed by atoms with Gasteiger partial charge in [-0.1, -0.05) is 26.0 Å². The predicted molar refractivity (Wildman–Crippen MR) is 198 cm³/mol. The molecule has 9 atom stereocenters. The highest BCUT2D eigenvalue weighted by atomic mass is 19.1. The molecular weight excluding hydrogens is 657 g/mol. The Morgan fingerprint density at radius 1 is 1.02 bits per heavy atom. The quantitative estimate of drug-likeness (QED) is 0.163. The van der Waals surface area contributed by atoms with Crippen LogP contribution in [0.15, 0.2) is 47.5 Å². The van der Waals surface area contributed by atoms with Crippen molar-refractivity contribution in [1.29, 1.82) is 0 Å². The minimum atomic E-state index is -0.484. The Morgan fingerprint density at radius 2 is 1.85 bits per heavy atom. The minimum absolute atomic E-state index is 0.256. The van der Waals surface area contributed by atoms with Gasteiger partial charge in [0.2, 0.25) is 0 Å². The van der Waals surface area contributed by atoms with Crippen LogP contribution in [0.5, 0.6) is 0 Å². The number of nitrogens with one attached hydrogen (secondary N) is 3. The van der Waals surface area contributed by atoms with Crippen LogP contribution in [-0.4, -0.2) is 50.0 Å². The summed E-state index contributed by atoms with van der Waals surface area (Å²) in [5.74, 6) is 3.23. The molecule has 0 spiro atoms. The largest absolute Gasteiger partial charge is 0.385 e. The topological polar surface area (TPSA) is 127 Å². The van der Waals surface area contributed by atoms with Gasteiger partial charge in [0, 0.05) is 49.8 Å². The molecule has 3 N–H and O–H groups in total. The van der Waals surface area contributed by atoms with Gasteiger partial charge in [-0.05, 0) is 116 Å². The fraction of sp³-hybridized carbons (Fsp3) is 0.585. The van der Waals surface area contributed by atoms with Gasteiger partial charge in [0.25, 0.3) is 5.56 Å². The van der Waals surface area contributed by atoms with E-state index in [0.29, 0.717) is 45.8 Å². The summed E-state index contributed by atoms with van der Waals surface area (Å²) in [6.07, 6.45) is 13.0. The molecule has 11 heteroatoms. The number of hydrogen-bond acceptors (Lipinski definition) is 8. The van der Waals surface area contributed by atoms with Gasteiger partial charge in [-0.15, -0.1) is 0 Å². The van der Waals surface area contributed by atoms with Crippen LogP contribution in [0.3, 0.4) is 0 Å². The maximum absolute atomic E-state index is 14.7. The van der Waals surface area contributed by atoms with E-state index >= 15 is 0 Å². The Labute approximate surface area is 303 Å². The summed E-state index contributed by atoms with van der Waals surface area (Å²) in [6.45, 7) is 6.60. The van der Waals surface area contributed by atoms with E-state index in [1.165, 1.54) is 57.0 Å². The van der Waals surface area contributed by atoms with Gasteiger partial charge in [0.15, 0.2) is 0 Å². The van der Waals surface area contributed by atoms with Crippen molar-refractivity contribution >= 4 is 27.9 Å². The smallest absolute Gasteiger partial charge is 0.272 e. The predicted octanol–water partition coefficient (Wildman–Crippen LogP) is 7.29. The summed E-state index contributed by atoms with van der Waals surface area (Å²) in [4.78, 5) is 29.5. The lowest BCUT2D eigenvalue weighted by Gasteiger charge is -2.60. The number of halogens is 1. The second-order valence-electron chi connectivity index (χ2n) is 16.9. The number of benzene rings is 2. The molecule has 3 heterocycles. The van der Waals surface area contributed by atoms with Gasteiger partial charge in [-0.3, -0.25) is 14.3 Å². The van der Waals surface area contributed by atoms with Crippen LogP contribution in [0.1, 0.15) is 107 Å². The number of H-pyrrole nitrogens is 1. The molecule has 0 bridgehead atoms. The molecule has 0 unspecified atom stereocenters. The standard InChI is InChI=1S/C41H50FN7O3/c1-40-15-13-27(50)19-24(40)7-10-28-30-11-12-33(41(30,2)16-14-31(28)40)52-18-4-17-43-26-8-5-23(6-9-26)36-35(38-44-22-45-49(38)3)37-34-29(39(51)48-47-37)20-25(42)21-32(34)46-36/h5-6,8-9,20-22,24,28,30-31,33,35-36,43,46H,4,7,10-19H2,1-3H3,(H,48,51)/t24-,28-,30-,31-,33-,35+,36+,40-,41-/m0/s1. The fourth-order valence-corrected chi connectivity index (χ4v) is 11.8. The van der Waals surface area contributed by atoms with Gasteiger partial charge in [-0.2, -0.15) is 10.2 Å². The van der Waals surface area contributed by atoms with E-state index in [4.69, 9.17) is 4.74 Å². The van der Waals surface area contributed by atoms with Crippen molar-refractivity contribution < 1.29 is 13.9 Å². The normalized spacial score (nSPS) is 33.6. The lowest BCUT2D eigenvalue weighted by atomic mass is 9.45. The van der Waals surface area contributed by atoms with Crippen LogP contribution in [0.2, 0.25) is 0 Å². The maximum atomic E-state index is 14.7. The van der Waals surface area contributed by atoms with E-state index in [9.17, 15) is 14.0 Å². The number of ether oxygens (including phenoxy) is 1. The summed E-state index contributed by atoms with van der Waals surface area (Å²) in [6, 6.07) is 10.6. The van der Waals surface area contributed by atoms with Crippen LogP contribution in [0.25, 0.3) is 10.8 Å². The molecule has 274 valence electrons. The summed E-state index contributed by atoms with van der Waals surface area (Å²) < 4.78 is 23.1. The van der Waals surface area contributed by atoms with Crippen molar-refractivity contribution in [3.8, 4) is 0 Å². The fourth-order valence-electron chi connectivity index (χ4n) is 11.8. The van der Waals surface area contributed by atoms with Gasteiger partial charge in [-0.25, -0.2) is 14.5 Å². The molecule has 10 nitrogen and oxygen atoms in total. The molecule has 0 saturated heterocycles. The highest BCUT2D eigenvalue weighted by molar-refractivity contribution is 5.97. The Kier molecular flexibility index (Phi) is 8.28. The molecule has 4 aliphatic carbocycles. The number of fused-ring (bicyclic) bond motifs is 5. The summed E-state index contributed by atoms with van der Waals surface area (Å²) in [5, 5.41) is 19.3. The first-order valence-electron chi connectivity index (χ1n) is 19.4. The second kappa shape index (κ2) is 12.8. The van der Waals surface area contributed by atoms with E-state index in [1.54, 1.807) is 4.68 Å². The lowest BCUT2D eigenvalue weighted by Crippen LogP contribution is -2.54. The average Bonchev–Trinajstić information content (AvgIpc) is 3.71. The molecule has 52 heavy (non-hydrogen) atoms. The number of rotatable bonds is 8. The van der Waals surface area contributed by atoms with Crippen LogP contribution in [0, 0.1) is 40.3 Å². The van der Waals surface area contributed by atoms with Gasteiger partial charge < -0.3 is 15.4 Å². The molecule has 4 fully saturated rings. The number of carbonyl (C=O) groups excluding carboxylic acids is 1. The SMILES string of the molecule is Cn1ncnc1[C@H]1c2n[nH]c(=O)c3cc(F)cc(c23)N[C@@H]1c1ccc(NCCCO[C@H]2CC[C@H]3[C@@H]4CC[C@H]5CC(=O)CC[C@]5(C)[C@H]4CC[C@]23C)cc1. The summed E-state index contributed by atoms with van der Waals surface area (Å²) in [7, 11) is 1.84. The summed E-state index contributed by atoms with van der Waals surface area (Å²) >= 11 is 0. The molecule has 5 aliphatic rings. The Balaban J connectivity index is 0.829. The zero-order chi connectivity index (χ0) is 35.8. The van der Waals surface area contributed by atoms with Gasteiger partial charge >= 0.3 is 0 Å². The molecular formula is C41H50FN7O3. The van der Waals surface area contributed by atoms with Crippen molar-refractivity contribution in [2.45, 2.75) is 96.1 Å². The molecule has 2 aromatic heterocycles. The van der Waals surface area contributed by atoms with E-state index in [0.717, 1.165) is 67.8 Å². The van der Waals surface area contributed by atoms with Crippen LogP contribution < -0.4 is 16.2 Å². The minimum Gasteiger partial charge on any atom is -0.385 e. The summed E-state index contributed by atoms with van der Waals surface area (Å²) in [5.41, 5.74) is 3.35. The number of hydrogen-bond donors (Lipinski definition) is 3. The number of aryl methyl sites for hydroxylation is 1. The number of nitrogens with zero attached hydrogens (tertiary/aromatic N) is 4. The average molecular weight is 708 g/mol. The van der Waals surface area contributed by atoms with Crippen LogP contribution in [0.4, 0.5) is 15.8 Å². The van der Waals surface area contributed by atoms with Crippen molar-refractivity contribution in [2.75, 3.05) is 23.8 Å². The Hall–Kier alpha value is -4.12. The first-order valence-corrected chi connectivity index (χ1v) is 19.4. The highest BCUT2D eigenvalue weighted by Crippen LogP contribution is 2.66. The van der Waals surface area contributed by atoms with Gasteiger partial charge in [0.05, 0.1) is 29.1 Å². The van der Waals surface area contributed by atoms with E-state index in [1.807, 2.05) is 7.05 Å². The molecule has 0 radical (unpaired) electrons. The lowest BCUT2D eigenvalue weighted by molar-refractivity contribution is -0.145. The van der Waals surface area contributed by atoms with Crippen molar-refractivity contribution in [2.24, 2.45) is 41.5 Å². The van der Waals surface area contributed by atoms with E-state index in [2.05, 4.69) is 69.0 Å². The van der Waals surface area contributed by atoms with Crippen LogP contribution >= 0.6 is 0 Å². The number of carbonyl (C=O) groups is 1. The number of ketones is 1. The molecule has 0 amide bonds. The van der Waals surface area contributed by atoms with E-state index < -0.39 is 11.4 Å². The first-order chi connectivity index (χ1) is 25.1. The molecule has 4 saturated carbocycles. The molecule has 2 aromatic carbocycles. The third kappa shape index (κ3) is 5.39. The second-order valence-corrected chi connectivity index (χ2v) is 16.9. The number of aromatic nitrogens is 5. The van der Waals surface area contributed by atoms with Crippen molar-refractivity contribution in [1.82, 2.24) is 25.0 Å². The molecule has 1 aliphatic heterocycles. The third-order valence-corrected chi connectivity index (χ3v) is 14.5. The molecule has 9 rings (SSSR count). The highest BCUT2D eigenvalue weighted by Gasteiger charge is 2.60. The number of anilines is 2. The maximum Gasteiger partial charge on any atom is 0.272 e. The Morgan fingerprint density at radius 3 is 2.65 bits per heavy atom. The van der Waals surface area contributed by atoms with E-state index in [-0.39, 0.29) is 22.8 Å². The van der Waals surface area contributed by atoms with Gasteiger partial charge in [0.1, 0.15) is 23.8 Å². The van der Waals surface area contributed by atoms with Crippen molar-refractivity contribution in [3.05, 3.63) is 76.0 Å².